The van der Waals surface area contributed by atoms with E-state index in [1.807, 2.05) is 0 Å². The third-order valence-corrected chi connectivity index (χ3v) is 3.94. The highest BCUT2D eigenvalue weighted by Crippen LogP contribution is 2.47. The molecule has 0 aromatic carbocycles. The Bertz CT molecular complexity index is 149. The summed E-state index contributed by atoms with van der Waals surface area (Å²) < 4.78 is 1.04. The van der Waals surface area contributed by atoms with Crippen LogP contribution in [0.3, 0.4) is 0 Å². The largest absolute Gasteiger partial charge is 0.313 e. The van der Waals surface area contributed by atoms with Crippen LogP contribution < -0.4 is 0 Å². The van der Waals surface area contributed by atoms with Gasteiger partial charge in [-0.05, 0) is 12.8 Å². The quantitative estimate of drug-likeness (QED) is 0.287. The molecular formula is C8H15ClN+. The van der Waals surface area contributed by atoms with Crippen molar-refractivity contribution in [1.82, 2.24) is 0 Å². The molecule has 3 fully saturated rings. The van der Waals surface area contributed by atoms with Crippen molar-refractivity contribution >= 4 is 11.6 Å². The maximum atomic E-state index is 6.27. The Balaban J connectivity index is 2.13. The van der Waals surface area contributed by atoms with Crippen LogP contribution in [0.5, 0.6) is 0 Å². The van der Waals surface area contributed by atoms with Crippen LogP contribution in [0, 0.1) is 11.8 Å². The molecule has 0 aromatic heterocycles. The SMILES string of the molecule is C[N+]1(C)CC2CC(C2)C1Cl. The van der Waals surface area contributed by atoms with E-state index in [0.29, 0.717) is 5.50 Å². The molecule has 10 heavy (non-hydrogen) atoms. The molecule has 2 bridgehead atoms. The first-order chi connectivity index (χ1) is 4.59. The highest BCUT2D eigenvalue weighted by Gasteiger charge is 2.50. The molecule has 0 aromatic rings. The van der Waals surface area contributed by atoms with Gasteiger partial charge in [0.15, 0.2) is 5.50 Å². The van der Waals surface area contributed by atoms with E-state index in [-0.39, 0.29) is 0 Å². The molecular weight excluding hydrogens is 146 g/mol. The zero-order valence-corrected chi connectivity index (χ0v) is 7.43. The van der Waals surface area contributed by atoms with Gasteiger partial charge in [-0.2, -0.15) is 0 Å². The molecule has 0 radical (unpaired) electrons. The van der Waals surface area contributed by atoms with Crippen molar-refractivity contribution in [2.45, 2.75) is 18.3 Å². The van der Waals surface area contributed by atoms with Crippen molar-refractivity contribution in [1.29, 1.82) is 0 Å². The van der Waals surface area contributed by atoms with Gasteiger partial charge in [0.1, 0.15) is 0 Å². The maximum absolute atomic E-state index is 6.27. The minimum Gasteiger partial charge on any atom is -0.313 e. The molecule has 3 rings (SSSR count). The van der Waals surface area contributed by atoms with Crippen LogP contribution in [0.2, 0.25) is 0 Å². The number of hydrogen-bond acceptors (Lipinski definition) is 0. The topological polar surface area (TPSA) is 0 Å². The van der Waals surface area contributed by atoms with Crippen LogP contribution in [0.1, 0.15) is 12.8 Å². The molecule has 3 aliphatic rings. The van der Waals surface area contributed by atoms with Gasteiger partial charge >= 0.3 is 0 Å². The van der Waals surface area contributed by atoms with Crippen molar-refractivity contribution < 1.29 is 4.48 Å². The molecule has 0 amide bonds. The van der Waals surface area contributed by atoms with Gasteiger partial charge in [-0.25, -0.2) is 0 Å². The van der Waals surface area contributed by atoms with Crippen molar-refractivity contribution in [3.63, 3.8) is 0 Å². The summed E-state index contributed by atoms with van der Waals surface area (Å²) >= 11 is 6.27. The number of quaternary nitrogens is 1. The summed E-state index contributed by atoms with van der Waals surface area (Å²) in [7, 11) is 4.49. The van der Waals surface area contributed by atoms with Gasteiger partial charge in [0.25, 0.3) is 0 Å². The second kappa shape index (κ2) is 1.89. The Hall–Kier alpha value is 0.250. The van der Waals surface area contributed by atoms with Crippen molar-refractivity contribution in [2.24, 2.45) is 11.8 Å². The third kappa shape index (κ3) is 0.802. The number of nitrogens with zero attached hydrogens (tertiary/aromatic N) is 1. The standard InChI is InChI=1S/C8H15ClN/c1-10(2)5-6-3-7(4-6)8(10)9/h6-8H,3-5H2,1-2H3/q+1. The van der Waals surface area contributed by atoms with E-state index in [2.05, 4.69) is 14.1 Å². The summed E-state index contributed by atoms with van der Waals surface area (Å²) in [5, 5.41) is 0. The van der Waals surface area contributed by atoms with Crippen LogP contribution in [-0.4, -0.2) is 30.6 Å². The number of alkyl halides is 1. The highest BCUT2D eigenvalue weighted by atomic mass is 35.5. The molecule has 58 valence electrons. The van der Waals surface area contributed by atoms with Gasteiger partial charge in [0, 0.05) is 11.8 Å². The molecule has 1 unspecified atom stereocenters. The Morgan fingerprint density at radius 3 is 2.20 bits per heavy atom. The summed E-state index contributed by atoms with van der Waals surface area (Å²) in [5.41, 5.74) is 0.394. The number of rotatable bonds is 0. The average Bonchev–Trinajstić information content (AvgIpc) is 1.72. The van der Waals surface area contributed by atoms with Crippen molar-refractivity contribution in [2.75, 3.05) is 20.6 Å². The van der Waals surface area contributed by atoms with Gasteiger partial charge in [-0.15, -0.1) is 0 Å². The molecule has 1 nitrogen and oxygen atoms in total. The molecule has 1 aliphatic carbocycles. The monoisotopic (exact) mass is 160 g/mol. The first-order valence-corrected chi connectivity index (χ1v) is 4.50. The van der Waals surface area contributed by atoms with Gasteiger partial charge < -0.3 is 4.48 Å². The summed E-state index contributed by atoms with van der Waals surface area (Å²) in [6, 6.07) is 0. The second-order valence-corrected chi connectivity index (χ2v) is 4.88. The third-order valence-electron chi connectivity index (χ3n) is 3.06. The van der Waals surface area contributed by atoms with E-state index < -0.39 is 0 Å². The summed E-state index contributed by atoms with van der Waals surface area (Å²) in [4.78, 5) is 0. The Morgan fingerprint density at radius 1 is 1.30 bits per heavy atom. The van der Waals surface area contributed by atoms with Gasteiger partial charge in [0.2, 0.25) is 0 Å². The molecule has 1 atom stereocenters. The van der Waals surface area contributed by atoms with Crippen LogP contribution in [0.4, 0.5) is 0 Å². The Kier molecular flexibility index (Phi) is 1.31. The fourth-order valence-corrected chi connectivity index (χ4v) is 2.78. The molecule has 0 N–H and O–H groups in total. The van der Waals surface area contributed by atoms with Crippen LogP contribution >= 0.6 is 11.6 Å². The second-order valence-electron chi connectivity index (χ2n) is 4.43. The van der Waals surface area contributed by atoms with E-state index in [9.17, 15) is 0 Å². The Labute approximate surface area is 67.6 Å². The zero-order valence-electron chi connectivity index (χ0n) is 6.68. The minimum atomic E-state index is 0.394. The fraction of sp³-hybridized carbons (Fsp3) is 1.00. The van der Waals surface area contributed by atoms with Crippen LogP contribution in [0.25, 0.3) is 0 Å². The first-order valence-electron chi connectivity index (χ1n) is 4.06. The van der Waals surface area contributed by atoms with E-state index in [1.54, 1.807) is 0 Å². The van der Waals surface area contributed by atoms with E-state index in [0.717, 1.165) is 16.3 Å². The van der Waals surface area contributed by atoms with Gasteiger partial charge in [0.05, 0.1) is 20.6 Å². The number of halogens is 1. The highest BCUT2D eigenvalue weighted by molar-refractivity contribution is 6.19. The number of fused-ring (bicyclic) bond motifs is 2. The van der Waals surface area contributed by atoms with Gasteiger partial charge in [-0.3, -0.25) is 0 Å². The summed E-state index contributed by atoms with van der Waals surface area (Å²) in [6.07, 6.45) is 2.80. The zero-order chi connectivity index (χ0) is 7.35. The molecule has 1 saturated carbocycles. The predicted molar refractivity (Wildman–Crippen MR) is 42.8 cm³/mol. The smallest absolute Gasteiger partial charge is 0.167 e. The lowest BCUT2D eigenvalue weighted by molar-refractivity contribution is -0.922. The summed E-state index contributed by atoms with van der Waals surface area (Å²) in [6.45, 7) is 1.30. The number of piperidine rings is 2. The minimum absolute atomic E-state index is 0.394. The molecule has 0 spiro atoms. The number of hydrogen-bond donors (Lipinski definition) is 0. The normalized spacial score (nSPS) is 50.1. The van der Waals surface area contributed by atoms with Crippen LogP contribution in [0.15, 0.2) is 0 Å². The van der Waals surface area contributed by atoms with E-state index in [4.69, 9.17) is 11.6 Å². The molecule has 2 aliphatic heterocycles. The fourth-order valence-electron chi connectivity index (χ4n) is 2.50. The predicted octanol–water partition coefficient (Wildman–Crippen LogP) is 1.67. The molecule has 2 saturated heterocycles. The molecule has 2 heteroatoms. The van der Waals surface area contributed by atoms with Crippen molar-refractivity contribution in [3.05, 3.63) is 0 Å². The van der Waals surface area contributed by atoms with Crippen LogP contribution in [-0.2, 0) is 0 Å². The lowest BCUT2D eigenvalue weighted by Crippen LogP contribution is -2.61. The van der Waals surface area contributed by atoms with E-state index >= 15 is 0 Å². The van der Waals surface area contributed by atoms with E-state index in [1.165, 1.54) is 19.4 Å². The maximum Gasteiger partial charge on any atom is 0.167 e. The van der Waals surface area contributed by atoms with Gasteiger partial charge in [-0.1, -0.05) is 11.6 Å². The lowest BCUT2D eigenvalue weighted by Gasteiger charge is -2.53. The first kappa shape index (κ1) is 6.93. The lowest BCUT2D eigenvalue weighted by atomic mass is 9.70. The summed E-state index contributed by atoms with van der Waals surface area (Å²) in [5.74, 6) is 1.82. The average molecular weight is 161 g/mol. The Morgan fingerprint density at radius 2 is 1.90 bits per heavy atom. The molecule has 2 heterocycles. The van der Waals surface area contributed by atoms with Crippen molar-refractivity contribution in [3.8, 4) is 0 Å².